The molecule has 2 rings (SSSR count). The van der Waals surface area contributed by atoms with Crippen molar-refractivity contribution in [1.82, 2.24) is 0 Å². The second kappa shape index (κ2) is 5.87. The Kier molecular flexibility index (Phi) is 4.19. The number of nitrogens with zero attached hydrogens (tertiary/aromatic N) is 2. The minimum Gasteiger partial charge on any atom is -0.467 e. The quantitative estimate of drug-likeness (QED) is 0.471. The van der Waals surface area contributed by atoms with Crippen LogP contribution in [0.5, 0.6) is 0 Å². The van der Waals surface area contributed by atoms with Gasteiger partial charge in [-0.1, -0.05) is 0 Å². The Morgan fingerprint density at radius 3 is 2.90 bits per heavy atom. The lowest BCUT2D eigenvalue weighted by Crippen LogP contribution is -2.46. The first-order chi connectivity index (χ1) is 9.52. The number of aryl methyl sites for hydroxylation is 1. The molecule has 1 aromatic carbocycles. The number of hydrogen-bond acceptors (Lipinski definition) is 6. The fourth-order valence-corrected chi connectivity index (χ4v) is 2.25. The molecule has 0 aliphatic carbocycles. The minimum absolute atomic E-state index is 0.0593. The lowest BCUT2D eigenvalue weighted by molar-refractivity contribution is -0.384. The maximum absolute atomic E-state index is 11.5. The molecule has 7 nitrogen and oxygen atoms in total. The molecule has 1 aliphatic rings. The van der Waals surface area contributed by atoms with Gasteiger partial charge in [0.05, 0.1) is 25.2 Å². The lowest BCUT2D eigenvalue weighted by Gasteiger charge is -2.33. The lowest BCUT2D eigenvalue weighted by atomic mass is 10.1. The summed E-state index contributed by atoms with van der Waals surface area (Å²) in [4.78, 5) is 23.8. The third-order valence-corrected chi connectivity index (χ3v) is 3.26. The van der Waals surface area contributed by atoms with E-state index in [-0.39, 0.29) is 5.69 Å². The van der Waals surface area contributed by atoms with E-state index in [1.54, 1.807) is 6.07 Å². The second-order valence-corrected chi connectivity index (χ2v) is 4.56. The first-order valence-corrected chi connectivity index (χ1v) is 6.22. The number of non-ortho nitro benzene ring substituents is 1. The smallest absolute Gasteiger partial charge is 0.336 e. The van der Waals surface area contributed by atoms with Crippen molar-refractivity contribution in [3.05, 3.63) is 33.9 Å². The van der Waals surface area contributed by atoms with Crippen molar-refractivity contribution in [2.45, 2.75) is 13.0 Å². The summed E-state index contributed by atoms with van der Waals surface area (Å²) in [6, 6.07) is 4.69. The predicted molar refractivity (Wildman–Crippen MR) is 71.8 cm³/mol. The summed E-state index contributed by atoms with van der Waals surface area (Å²) in [6.45, 7) is 3.23. The van der Waals surface area contributed by atoms with Gasteiger partial charge in [-0.15, -0.1) is 0 Å². The van der Waals surface area contributed by atoms with Crippen molar-refractivity contribution >= 4 is 17.3 Å². The maximum atomic E-state index is 11.5. The normalized spacial score (nSPS) is 18.7. The van der Waals surface area contributed by atoms with Gasteiger partial charge in [0.2, 0.25) is 0 Å². The summed E-state index contributed by atoms with van der Waals surface area (Å²) in [7, 11) is 1.32. The monoisotopic (exact) mass is 280 g/mol. The number of morpholine rings is 1. The number of nitro benzene ring substituents is 1. The van der Waals surface area contributed by atoms with Crippen LogP contribution in [0.4, 0.5) is 11.4 Å². The van der Waals surface area contributed by atoms with Crippen LogP contribution in [0.15, 0.2) is 18.2 Å². The molecular weight excluding hydrogens is 264 g/mol. The van der Waals surface area contributed by atoms with Crippen LogP contribution in [0.1, 0.15) is 5.56 Å². The van der Waals surface area contributed by atoms with E-state index in [0.29, 0.717) is 19.7 Å². The third kappa shape index (κ3) is 2.88. The summed E-state index contributed by atoms with van der Waals surface area (Å²) in [5.41, 5.74) is 1.72. The summed E-state index contributed by atoms with van der Waals surface area (Å²) >= 11 is 0. The highest BCUT2D eigenvalue weighted by atomic mass is 16.6. The first-order valence-electron chi connectivity index (χ1n) is 6.22. The average molecular weight is 280 g/mol. The van der Waals surface area contributed by atoms with Crippen molar-refractivity contribution in [2.75, 3.05) is 31.7 Å². The predicted octanol–water partition coefficient (Wildman–Crippen LogP) is 1.28. The van der Waals surface area contributed by atoms with E-state index < -0.39 is 17.0 Å². The van der Waals surface area contributed by atoms with E-state index in [9.17, 15) is 14.9 Å². The van der Waals surface area contributed by atoms with E-state index in [1.807, 2.05) is 11.8 Å². The number of hydrogen-bond donors (Lipinski definition) is 0. The fraction of sp³-hybridized carbons (Fsp3) is 0.462. The van der Waals surface area contributed by atoms with Gasteiger partial charge in [-0.2, -0.15) is 0 Å². The molecule has 1 aliphatic heterocycles. The van der Waals surface area contributed by atoms with Crippen LogP contribution in [0.3, 0.4) is 0 Å². The third-order valence-electron chi connectivity index (χ3n) is 3.26. The van der Waals surface area contributed by atoms with Crippen LogP contribution in [0, 0.1) is 17.0 Å². The van der Waals surface area contributed by atoms with Crippen LogP contribution in [-0.2, 0) is 14.3 Å². The number of esters is 1. The Hall–Kier alpha value is -2.15. The number of anilines is 1. The first kappa shape index (κ1) is 14.3. The Morgan fingerprint density at radius 2 is 2.30 bits per heavy atom. The average Bonchev–Trinajstić information content (AvgIpc) is 2.46. The number of benzene rings is 1. The maximum Gasteiger partial charge on any atom is 0.336 e. The minimum atomic E-state index is -0.622. The highest BCUT2D eigenvalue weighted by Crippen LogP contribution is 2.26. The van der Waals surface area contributed by atoms with Gasteiger partial charge in [0.1, 0.15) is 0 Å². The Bertz CT molecular complexity index is 531. The number of nitro groups is 1. The van der Waals surface area contributed by atoms with Crippen molar-refractivity contribution < 1.29 is 19.2 Å². The van der Waals surface area contributed by atoms with Crippen molar-refractivity contribution in [2.24, 2.45) is 0 Å². The SMILES string of the molecule is COC(=O)C1CN(c2ccc([N+](=O)[O-])cc2C)CCO1. The Labute approximate surface area is 116 Å². The van der Waals surface area contributed by atoms with Gasteiger partial charge in [-0.3, -0.25) is 10.1 Å². The van der Waals surface area contributed by atoms with E-state index in [0.717, 1.165) is 11.3 Å². The standard InChI is InChI=1S/C13H16N2O5/c1-9-7-10(15(17)18)3-4-11(9)14-5-6-20-12(8-14)13(16)19-2/h3-4,7,12H,5-6,8H2,1-2H3. The molecule has 0 bridgehead atoms. The zero-order chi connectivity index (χ0) is 14.7. The molecule has 1 atom stereocenters. The molecule has 20 heavy (non-hydrogen) atoms. The van der Waals surface area contributed by atoms with Crippen LogP contribution in [0.25, 0.3) is 0 Å². The van der Waals surface area contributed by atoms with Crippen LogP contribution in [-0.4, -0.2) is 43.8 Å². The molecule has 1 saturated heterocycles. The van der Waals surface area contributed by atoms with Gasteiger partial charge < -0.3 is 14.4 Å². The van der Waals surface area contributed by atoms with Crippen LogP contribution in [0.2, 0.25) is 0 Å². The molecule has 0 N–H and O–H groups in total. The highest BCUT2D eigenvalue weighted by Gasteiger charge is 2.28. The molecule has 1 heterocycles. The van der Waals surface area contributed by atoms with Crippen molar-refractivity contribution in [3.63, 3.8) is 0 Å². The zero-order valence-electron chi connectivity index (χ0n) is 11.4. The summed E-state index contributed by atoms with van der Waals surface area (Å²) in [5.74, 6) is -0.408. The number of ether oxygens (including phenoxy) is 2. The number of rotatable bonds is 3. The van der Waals surface area contributed by atoms with Gasteiger partial charge in [-0.05, 0) is 18.6 Å². The van der Waals surface area contributed by atoms with Crippen LogP contribution >= 0.6 is 0 Å². The van der Waals surface area contributed by atoms with Crippen molar-refractivity contribution in [3.8, 4) is 0 Å². The second-order valence-electron chi connectivity index (χ2n) is 4.56. The van der Waals surface area contributed by atoms with Gasteiger partial charge >= 0.3 is 5.97 Å². The van der Waals surface area contributed by atoms with E-state index in [1.165, 1.54) is 19.2 Å². The van der Waals surface area contributed by atoms with Gasteiger partial charge in [-0.25, -0.2) is 4.79 Å². The Morgan fingerprint density at radius 1 is 1.55 bits per heavy atom. The number of carbonyl (C=O) groups excluding carboxylic acids is 1. The Balaban J connectivity index is 2.19. The summed E-state index contributed by atoms with van der Waals surface area (Å²) < 4.78 is 10.0. The molecule has 0 saturated carbocycles. The molecule has 1 fully saturated rings. The van der Waals surface area contributed by atoms with Crippen molar-refractivity contribution in [1.29, 1.82) is 0 Å². The summed E-state index contributed by atoms with van der Waals surface area (Å²) in [5, 5.41) is 10.7. The zero-order valence-corrected chi connectivity index (χ0v) is 11.4. The van der Waals surface area contributed by atoms with Gasteiger partial charge in [0, 0.05) is 24.4 Å². The molecule has 1 unspecified atom stereocenters. The summed E-state index contributed by atoms with van der Waals surface area (Å²) in [6.07, 6.45) is -0.622. The van der Waals surface area contributed by atoms with E-state index in [2.05, 4.69) is 4.74 Å². The number of methoxy groups -OCH3 is 1. The van der Waals surface area contributed by atoms with Crippen LogP contribution < -0.4 is 4.90 Å². The molecule has 0 spiro atoms. The molecular formula is C13H16N2O5. The highest BCUT2D eigenvalue weighted by molar-refractivity contribution is 5.76. The topological polar surface area (TPSA) is 81.9 Å². The molecule has 0 radical (unpaired) electrons. The molecule has 0 amide bonds. The van der Waals surface area contributed by atoms with E-state index >= 15 is 0 Å². The van der Waals surface area contributed by atoms with Gasteiger partial charge in [0.15, 0.2) is 6.10 Å². The largest absolute Gasteiger partial charge is 0.467 e. The molecule has 108 valence electrons. The fourth-order valence-electron chi connectivity index (χ4n) is 2.25. The molecule has 0 aromatic heterocycles. The molecule has 1 aromatic rings. The van der Waals surface area contributed by atoms with Gasteiger partial charge in [0.25, 0.3) is 5.69 Å². The molecule has 7 heteroatoms. The number of carbonyl (C=O) groups is 1. The van der Waals surface area contributed by atoms with E-state index in [4.69, 9.17) is 4.74 Å².